The minimum Gasteiger partial charge on any atom is -0.756 e. The van der Waals surface area contributed by atoms with Crippen molar-refractivity contribution in [3.63, 3.8) is 0 Å². The Morgan fingerprint density at radius 3 is 1.28 bits per heavy atom. The summed E-state index contributed by atoms with van der Waals surface area (Å²) in [5, 5.41) is 3.03. The molecule has 0 aromatic rings. The number of quaternary nitrogens is 1. The van der Waals surface area contributed by atoms with E-state index in [1.165, 1.54) is 141 Å². The number of phosphoric acid groups is 1. The highest BCUT2D eigenvalue weighted by atomic mass is 31.2. The third-order valence-electron chi connectivity index (χ3n) is 13.7. The van der Waals surface area contributed by atoms with Gasteiger partial charge in [0.1, 0.15) is 19.3 Å². The molecular weight excluding hydrogens is 952 g/mol. The quantitative estimate of drug-likeness (QED) is 0.0212. The SMILES string of the molecule is CC/C=C\C/C=C\C/C=C\C/C=C\C/C=C\CCCCCCCCCC(=O)NC(COP(=O)([O-])OCC[N+](C)(C)C)C(/C=C\CCCCCCCCCCCC)OC(=O)CCCCCCCCCCCCCCCC. The number of allylic oxidation sites excluding steroid dienone is 11. The van der Waals surface area contributed by atoms with Gasteiger partial charge in [-0.1, -0.05) is 261 Å². The van der Waals surface area contributed by atoms with E-state index < -0.39 is 26.6 Å². The summed E-state index contributed by atoms with van der Waals surface area (Å²) in [4.78, 5) is 40.0. The normalized spacial score (nSPS) is 14.2. The molecule has 3 unspecified atom stereocenters. The Balaban J connectivity index is 5.22. The fourth-order valence-electron chi connectivity index (χ4n) is 8.84. The smallest absolute Gasteiger partial charge is 0.306 e. The maximum atomic E-state index is 13.5. The van der Waals surface area contributed by atoms with Crippen molar-refractivity contribution >= 4 is 19.7 Å². The molecule has 0 radical (unpaired) electrons. The van der Waals surface area contributed by atoms with Gasteiger partial charge in [0, 0.05) is 12.8 Å². The monoisotopic (exact) mass is 1070 g/mol. The lowest BCUT2D eigenvalue weighted by atomic mass is 10.0. The molecule has 0 fully saturated rings. The van der Waals surface area contributed by atoms with E-state index in [4.69, 9.17) is 13.8 Å². The van der Waals surface area contributed by atoms with Crippen LogP contribution in [0, 0.1) is 0 Å². The van der Waals surface area contributed by atoms with Crippen molar-refractivity contribution in [2.45, 2.75) is 290 Å². The zero-order valence-electron chi connectivity index (χ0n) is 49.7. The minimum atomic E-state index is -4.70. The highest BCUT2D eigenvalue weighted by Gasteiger charge is 2.27. The van der Waals surface area contributed by atoms with Crippen LogP contribution in [0.25, 0.3) is 0 Å². The highest BCUT2D eigenvalue weighted by molar-refractivity contribution is 7.45. The van der Waals surface area contributed by atoms with Crippen LogP contribution in [-0.2, 0) is 27.9 Å². The van der Waals surface area contributed by atoms with Crippen LogP contribution in [0.15, 0.2) is 72.9 Å². The van der Waals surface area contributed by atoms with E-state index in [1.807, 2.05) is 33.3 Å². The van der Waals surface area contributed by atoms with E-state index in [2.05, 4.69) is 86.8 Å². The zero-order chi connectivity index (χ0) is 55.0. The summed E-state index contributed by atoms with van der Waals surface area (Å²) in [5.41, 5.74) is 0. The third-order valence-corrected chi connectivity index (χ3v) is 14.6. The lowest BCUT2D eigenvalue weighted by Crippen LogP contribution is -2.47. The van der Waals surface area contributed by atoms with E-state index in [0.29, 0.717) is 17.4 Å². The van der Waals surface area contributed by atoms with Crippen LogP contribution < -0.4 is 10.2 Å². The molecule has 10 heteroatoms. The van der Waals surface area contributed by atoms with Crippen LogP contribution >= 0.6 is 7.82 Å². The number of ether oxygens (including phenoxy) is 1. The Morgan fingerprint density at radius 2 is 0.853 bits per heavy atom. The number of hydrogen-bond acceptors (Lipinski definition) is 7. The van der Waals surface area contributed by atoms with Crippen molar-refractivity contribution in [2.75, 3.05) is 40.9 Å². The lowest BCUT2D eigenvalue weighted by molar-refractivity contribution is -0.870. The molecule has 0 rings (SSSR count). The second-order valence-electron chi connectivity index (χ2n) is 22.2. The molecule has 3 atom stereocenters. The number of nitrogens with zero attached hydrogens (tertiary/aromatic N) is 1. The van der Waals surface area contributed by atoms with Gasteiger partial charge < -0.3 is 28.5 Å². The number of carbonyl (C=O) groups is 2. The van der Waals surface area contributed by atoms with E-state index >= 15 is 0 Å². The summed E-state index contributed by atoms with van der Waals surface area (Å²) >= 11 is 0. The first-order valence-electron chi connectivity index (χ1n) is 31.2. The average molecular weight is 1070 g/mol. The Kier molecular flexibility index (Phi) is 52.9. The van der Waals surface area contributed by atoms with Gasteiger partial charge in [-0.15, -0.1) is 0 Å². The van der Waals surface area contributed by atoms with Crippen LogP contribution in [0.1, 0.15) is 278 Å². The zero-order valence-corrected chi connectivity index (χ0v) is 50.6. The Morgan fingerprint density at radius 1 is 0.480 bits per heavy atom. The number of amides is 1. The topological polar surface area (TPSA) is 114 Å². The molecule has 75 heavy (non-hydrogen) atoms. The van der Waals surface area contributed by atoms with E-state index in [9.17, 15) is 19.0 Å². The summed E-state index contributed by atoms with van der Waals surface area (Å²) in [6, 6.07) is -0.894. The maximum Gasteiger partial charge on any atom is 0.306 e. The van der Waals surface area contributed by atoms with Crippen LogP contribution in [-0.4, -0.2) is 69.4 Å². The predicted octanol–water partition coefficient (Wildman–Crippen LogP) is 18.6. The Bertz CT molecular complexity index is 1510. The molecule has 0 bridgehead atoms. The number of nitrogens with one attached hydrogen (secondary N) is 1. The van der Waals surface area contributed by atoms with Crippen LogP contribution in [0.5, 0.6) is 0 Å². The molecule has 0 saturated carbocycles. The standard InChI is InChI=1S/C65H119N2O7P/c1-7-10-13-16-19-22-25-28-30-31-32-33-34-35-36-37-38-39-42-45-48-51-54-57-64(68)66-62(61-73-75(70,71)72-60-59-67(4,5)6)63(56-53-50-47-44-41-27-24-21-18-15-12-9-3)74-65(69)58-55-52-49-46-43-40-29-26-23-20-17-14-11-8-2/h10,13,19,22,28,30,32-33,35-36,53,56,62-63H,7-9,11-12,14-18,20-21,23-27,29,31,34,37-52,54-55,57-61H2,1-6H3,(H-,66,68,70,71)/b13-10-,22-19-,30-28-,33-32-,36-35-,56-53-. The van der Waals surface area contributed by atoms with Crippen molar-refractivity contribution in [2.24, 2.45) is 0 Å². The lowest BCUT2D eigenvalue weighted by Gasteiger charge is -2.30. The summed E-state index contributed by atoms with van der Waals surface area (Å²) in [6.07, 6.45) is 70.0. The van der Waals surface area contributed by atoms with Gasteiger partial charge in [0.05, 0.1) is 33.8 Å². The van der Waals surface area contributed by atoms with E-state index in [0.717, 1.165) is 103 Å². The van der Waals surface area contributed by atoms with Crippen LogP contribution in [0.2, 0.25) is 0 Å². The third kappa shape index (κ3) is 56.0. The fourth-order valence-corrected chi connectivity index (χ4v) is 9.57. The molecule has 0 aliphatic rings. The number of unbranched alkanes of at least 4 members (excludes halogenated alkanes) is 30. The van der Waals surface area contributed by atoms with Crippen molar-refractivity contribution in [3.05, 3.63) is 72.9 Å². The number of hydrogen-bond donors (Lipinski definition) is 1. The molecule has 0 aliphatic heterocycles. The summed E-state index contributed by atoms with van der Waals surface area (Å²) in [7, 11) is 1.18. The molecule has 0 aromatic carbocycles. The summed E-state index contributed by atoms with van der Waals surface area (Å²) < 4.78 is 30.3. The number of carbonyl (C=O) groups excluding carboxylic acids is 2. The van der Waals surface area contributed by atoms with Gasteiger partial charge in [-0.3, -0.25) is 14.2 Å². The van der Waals surface area contributed by atoms with Crippen molar-refractivity contribution in [1.82, 2.24) is 5.32 Å². The molecular formula is C65H119N2O7P. The molecule has 1 amide bonds. The van der Waals surface area contributed by atoms with Crippen molar-refractivity contribution in [3.8, 4) is 0 Å². The number of rotatable bonds is 56. The van der Waals surface area contributed by atoms with Gasteiger partial charge in [0.15, 0.2) is 0 Å². The molecule has 0 saturated heterocycles. The number of likely N-dealkylation sites (N-methyl/N-ethyl adjacent to an activating group) is 1. The fraction of sp³-hybridized carbons (Fsp3) is 0.785. The second-order valence-corrected chi connectivity index (χ2v) is 23.6. The van der Waals surface area contributed by atoms with Gasteiger partial charge in [0.25, 0.3) is 7.82 Å². The highest BCUT2D eigenvalue weighted by Crippen LogP contribution is 2.38. The van der Waals surface area contributed by atoms with Crippen molar-refractivity contribution < 1.29 is 37.3 Å². The molecule has 0 heterocycles. The van der Waals surface area contributed by atoms with Gasteiger partial charge in [-0.2, -0.15) is 0 Å². The predicted molar refractivity (Wildman–Crippen MR) is 321 cm³/mol. The molecule has 9 nitrogen and oxygen atoms in total. The first-order valence-corrected chi connectivity index (χ1v) is 32.7. The van der Waals surface area contributed by atoms with Gasteiger partial charge >= 0.3 is 5.97 Å². The molecule has 436 valence electrons. The minimum absolute atomic E-state index is 0.0258. The Labute approximate surface area is 463 Å². The first kappa shape index (κ1) is 72.5. The molecule has 0 spiro atoms. The second kappa shape index (κ2) is 54.8. The van der Waals surface area contributed by atoms with Crippen LogP contribution in [0.3, 0.4) is 0 Å². The molecule has 0 aromatic heterocycles. The summed E-state index contributed by atoms with van der Waals surface area (Å²) in [5.74, 6) is -0.549. The number of phosphoric ester groups is 1. The average Bonchev–Trinajstić information content (AvgIpc) is 3.37. The molecule has 1 N–H and O–H groups in total. The largest absolute Gasteiger partial charge is 0.756 e. The van der Waals surface area contributed by atoms with Crippen LogP contribution in [0.4, 0.5) is 0 Å². The maximum absolute atomic E-state index is 13.5. The van der Waals surface area contributed by atoms with Gasteiger partial charge in [-0.25, -0.2) is 0 Å². The summed E-state index contributed by atoms with van der Waals surface area (Å²) in [6.45, 7) is 6.73. The molecule has 0 aliphatic carbocycles. The van der Waals surface area contributed by atoms with Crippen molar-refractivity contribution in [1.29, 1.82) is 0 Å². The van der Waals surface area contributed by atoms with E-state index in [1.54, 1.807) is 0 Å². The Hall–Kier alpha value is -2.55. The first-order chi connectivity index (χ1) is 36.4. The van der Waals surface area contributed by atoms with Gasteiger partial charge in [0.2, 0.25) is 5.91 Å². The van der Waals surface area contributed by atoms with E-state index in [-0.39, 0.29) is 24.9 Å². The number of esters is 1. The van der Waals surface area contributed by atoms with Gasteiger partial charge in [-0.05, 0) is 76.7 Å².